The molecule has 80 valence electrons. The summed E-state index contributed by atoms with van der Waals surface area (Å²) in [5.41, 5.74) is 0. The SMILES string of the molecule is CCC(CC)C(Cl)c1cc(Br)c(Cl)s1. The second kappa shape index (κ2) is 5.74. The molecule has 1 rings (SSSR count). The summed E-state index contributed by atoms with van der Waals surface area (Å²) in [5.74, 6) is 0.540. The molecule has 0 radical (unpaired) electrons. The van der Waals surface area contributed by atoms with Crippen LogP contribution in [0.25, 0.3) is 0 Å². The Morgan fingerprint density at radius 1 is 1.43 bits per heavy atom. The zero-order valence-corrected chi connectivity index (χ0v) is 12.1. The lowest BCUT2D eigenvalue weighted by molar-refractivity contribution is 0.479. The third-order valence-corrected chi connectivity index (χ3v) is 5.68. The second-order valence-corrected chi connectivity index (χ2v) is 6.26. The molecule has 0 bridgehead atoms. The molecule has 0 fully saturated rings. The summed E-state index contributed by atoms with van der Waals surface area (Å²) in [6.45, 7) is 4.35. The molecule has 1 aromatic heterocycles. The van der Waals surface area contributed by atoms with Gasteiger partial charge in [-0.15, -0.1) is 22.9 Å². The van der Waals surface area contributed by atoms with Crippen LogP contribution in [-0.2, 0) is 0 Å². The summed E-state index contributed by atoms with van der Waals surface area (Å²) in [6, 6.07) is 2.03. The van der Waals surface area contributed by atoms with Crippen LogP contribution in [0.4, 0.5) is 0 Å². The van der Waals surface area contributed by atoms with Crippen LogP contribution < -0.4 is 0 Å². The standard InChI is InChI=1S/C10H13BrCl2S/c1-3-6(4-2)9(12)8-5-7(11)10(13)14-8/h5-6,9H,3-4H2,1-2H3. The van der Waals surface area contributed by atoms with E-state index in [2.05, 4.69) is 29.8 Å². The van der Waals surface area contributed by atoms with E-state index >= 15 is 0 Å². The quantitative estimate of drug-likeness (QED) is 0.608. The molecule has 0 saturated carbocycles. The summed E-state index contributed by atoms with van der Waals surface area (Å²) in [7, 11) is 0. The molecular weight excluding hydrogens is 303 g/mol. The van der Waals surface area contributed by atoms with Gasteiger partial charge in [0, 0.05) is 9.35 Å². The third-order valence-electron chi connectivity index (χ3n) is 2.40. The van der Waals surface area contributed by atoms with E-state index in [0.29, 0.717) is 5.92 Å². The van der Waals surface area contributed by atoms with Crippen molar-refractivity contribution in [1.29, 1.82) is 0 Å². The Bertz CT molecular complexity index is 275. The van der Waals surface area contributed by atoms with Crippen molar-refractivity contribution in [2.24, 2.45) is 5.92 Å². The monoisotopic (exact) mass is 314 g/mol. The zero-order chi connectivity index (χ0) is 10.7. The first kappa shape index (κ1) is 12.8. The summed E-state index contributed by atoms with van der Waals surface area (Å²) >= 11 is 17.3. The molecule has 0 aliphatic carbocycles. The Labute approximate surface area is 108 Å². The van der Waals surface area contributed by atoms with Gasteiger partial charge in [-0.3, -0.25) is 0 Å². The van der Waals surface area contributed by atoms with Crippen LogP contribution in [0.5, 0.6) is 0 Å². The summed E-state index contributed by atoms with van der Waals surface area (Å²) in [5, 5.41) is 0.0961. The smallest absolute Gasteiger partial charge is 0.107 e. The van der Waals surface area contributed by atoms with Crippen molar-refractivity contribution in [2.45, 2.75) is 32.1 Å². The van der Waals surface area contributed by atoms with Crippen molar-refractivity contribution in [3.05, 3.63) is 19.8 Å². The number of hydrogen-bond donors (Lipinski definition) is 0. The average molecular weight is 316 g/mol. The van der Waals surface area contributed by atoms with Crippen LogP contribution in [0, 0.1) is 5.92 Å². The van der Waals surface area contributed by atoms with Crippen molar-refractivity contribution in [3.63, 3.8) is 0 Å². The lowest BCUT2D eigenvalue weighted by atomic mass is 9.98. The molecule has 0 aromatic carbocycles. The van der Waals surface area contributed by atoms with Gasteiger partial charge in [0.1, 0.15) is 4.34 Å². The van der Waals surface area contributed by atoms with Gasteiger partial charge in [-0.25, -0.2) is 0 Å². The molecule has 0 aliphatic rings. The average Bonchev–Trinajstić information content (AvgIpc) is 2.49. The maximum atomic E-state index is 6.39. The maximum Gasteiger partial charge on any atom is 0.107 e. The van der Waals surface area contributed by atoms with E-state index in [9.17, 15) is 0 Å². The van der Waals surface area contributed by atoms with E-state index in [1.54, 1.807) is 11.3 Å². The first-order valence-corrected chi connectivity index (χ1v) is 7.11. The van der Waals surface area contributed by atoms with Crippen LogP contribution in [0.3, 0.4) is 0 Å². The second-order valence-electron chi connectivity index (χ2n) is 3.25. The first-order chi connectivity index (χ1) is 6.60. The van der Waals surface area contributed by atoms with Gasteiger partial charge >= 0.3 is 0 Å². The largest absolute Gasteiger partial charge is 0.126 e. The molecule has 0 amide bonds. The van der Waals surface area contributed by atoms with Crippen LogP contribution in [-0.4, -0.2) is 0 Å². The van der Waals surface area contributed by atoms with E-state index in [1.165, 1.54) is 0 Å². The van der Waals surface area contributed by atoms with Gasteiger partial charge in [0.2, 0.25) is 0 Å². The van der Waals surface area contributed by atoms with Crippen molar-refractivity contribution in [3.8, 4) is 0 Å². The first-order valence-electron chi connectivity index (χ1n) is 4.68. The van der Waals surface area contributed by atoms with Gasteiger partial charge in [0.05, 0.1) is 5.38 Å². The Kier molecular flexibility index (Phi) is 5.26. The number of thiophene rings is 1. The van der Waals surface area contributed by atoms with E-state index in [-0.39, 0.29) is 5.38 Å². The number of halogens is 3. The van der Waals surface area contributed by atoms with Crippen LogP contribution in [0.2, 0.25) is 4.34 Å². The highest BCUT2D eigenvalue weighted by atomic mass is 79.9. The molecule has 0 N–H and O–H groups in total. The van der Waals surface area contributed by atoms with Crippen molar-refractivity contribution in [2.75, 3.05) is 0 Å². The molecule has 4 heteroatoms. The molecular formula is C10H13BrCl2S. The predicted molar refractivity (Wildman–Crippen MR) is 69.7 cm³/mol. The van der Waals surface area contributed by atoms with E-state index < -0.39 is 0 Å². The van der Waals surface area contributed by atoms with Crippen molar-refractivity contribution < 1.29 is 0 Å². The van der Waals surface area contributed by atoms with Gasteiger partial charge in [-0.05, 0) is 27.9 Å². The van der Waals surface area contributed by atoms with Gasteiger partial charge in [0.25, 0.3) is 0 Å². The van der Waals surface area contributed by atoms with Gasteiger partial charge in [-0.2, -0.15) is 0 Å². The minimum Gasteiger partial charge on any atom is -0.126 e. The van der Waals surface area contributed by atoms with Gasteiger partial charge in [-0.1, -0.05) is 38.3 Å². The van der Waals surface area contributed by atoms with Crippen molar-refractivity contribution in [1.82, 2.24) is 0 Å². The molecule has 1 unspecified atom stereocenters. The highest BCUT2D eigenvalue weighted by Gasteiger charge is 2.20. The highest BCUT2D eigenvalue weighted by Crippen LogP contribution is 2.42. The fourth-order valence-electron chi connectivity index (χ4n) is 1.43. The molecule has 0 saturated heterocycles. The van der Waals surface area contributed by atoms with Crippen LogP contribution in [0.1, 0.15) is 36.9 Å². The summed E-state index contributed by atoms with van der Waals surface area (Å²) < 4.78 is 1.74. The van der Waals surface area contributed by atoms with E-state index in [4.69, 9.17) is 23.2 Å². The minimum atomic E-state index is 0.0961. The Balaban J connectivity index is 2.82. The molecule has 0 nitrogen and oxygen atoms in total. The molecule has 1 aromatic rings. The molecule has 14 heavy (non-hydrogen) atoms. The normalized spacial score (nSPS) is 13.6. The summed E-state index contributed by atoms with van der Waals surface area (Å²) in [6.07, 6.45) is 2.22. The molecule has 0 spiro atoms. The Morgan fingerprint density at radius 2 is 2.00 bits per heavy atom. The zero-order valence-electron chi connectivity index (χ0n) is 8.19. The fraction of sp³-hybridized carbons (Fsp3) is 0.600. The Hall–Kier alpha value is 0.760. The maximum absolute atomic E-state index is 6.39. The highest BCUT2D eigenvalue weighted by molar-refractivity contribution is 9.10. The predicted octanol–water partition coefficient (Wildman–Crippen LogP) is 5.88. The van der Waals surface area contributed by atoms with Crippen LogP contribution >= 0.6 is 50.5 Å². The fourth-order valence-corrected chi connectivity index (χ4v) is 3.80. The van der Waals surface area contributed by atoms with E-state index in [0.717, 1.165) is 26.5 Å². The minimum absolute atomic E-state index is 0.0961. The Morgan fingerprint density at radius 3 is 2.36 bits per heavy atom. The number of hydrogen-bond acceptors (Lipinski definition) is 1. The van der Waals surface area contributed by atoms with E-state index in [1.807, 2.05) is 6.07 Å². The summed E-state index contributed by atoms with van der Waals surface area (Å²) in [4.78, 5) is 1.16. The molecule has 1 heterocycles. The third kappa shape index (κ3) is 2.88. The topological polar surface area (TPSA) is 0 Å². The lowest BCUT2D eigenvalue weighted by Crippen LogP contribution is -2.03. The number of alkyl halides is 1. The van der Waals surface area contributed by atoms with Crippen LogP contribution in [0.15, 0.2) is 10.5 Å². The van der Waals surface area contributed by atoms with Gasteiger partial charge in [0.15, 0.2) is 0 Å². The van der Waals surface area contributed by atoms with Crippen molar-refractivity contribution >= 4 is 50.5 Å². The molecule has 1 atom stereocenters. The van der Waals surface area contributed by atoms with Gasteiger partial charge < -0.3 is 0 Å². The number of rotatable bonds is 4. The lowest BCUT2D eigenvalue weighted by Gasteiger charge is -2.17. The molecule has 0 aliphatic heterocycles.